The molecule has 0 unspecified atom stereocenters. The third-order valence-electron chi connectivity index (χ3n) is 2.67. The normalized spacial score (nSPS) is 10.2. The molecule has 0 fully saturated rings. The van der Waals surface area contributed by atoms with E-state index in [-0.39, 0.29) is 5.91 Å². The molecule has 6 heteroatoms. The van der Waals surface area contributed by atoms with Crippen LogP contribution in [0, 0.1) is 0 Å². The molecule has 0 aliphatic rings. The highest BCUT2D eigenvalue weighted by Crippen LogP contribution is 2.28. The van der Waals surface area contributed by atoms with Gasteiger partial charge < -0.3 is 15.8 Å². The minimum absolute atomic E-state index is 0.213. The molecule has 0 saturated heterocycles. The van der Waals surface area contributed by atoms with Crippen molar-refractivity contribution in [3.63, 3.8) is 0 Å². The lowest BCUT2D eigenvalue weighted by molar-refractivity contribution is 0.102. The van der Waals surface area contributed by atoms with Gasteiger partial charge in [0.2, 0.25) is 0 Å². The number of halogens is 2. The SMILES string of the molecule is COc1cc(NC(=O)c2ccc(N)c(Br)c2)ccc1Br. The van der Waals surface area contributed by atoms with Crippen LogP contribution in [-0.2, 0) is 0 Å². The molecule has 3 N–H and O–H groups in total. The lowest BCUT2D eigenvalue weighted by Crippen LogP contribution is -2.12. The van der Waals surface area contributed by atoms with Gasteiger partial charge in [0, 0.05) is 27.5 Å². The predicted molar refractivity (Wildman–Crippen MR) is 87.2 cm³/mol. The summed E-state index contributed by atoms with van der Waals surface area (Å²) in [5.74, 6) is 0.441. The first-order valence-electron chi connectivity index (χ1n) is 5.71. The van der Waals surface area contributed by atoms with Crippen LogP contribution in [0.1, 0.15) is 10.4 Å². The van der Waals surface area contributed by atoms with Crippen LogP contribution in [0.5, 0.6) is 5.75 Å². The summed E-state index contributed by atoms with van der Waals surface area (Å²) < 4.78 is 6.71. The second-order valence-electron chi connectivity index (χ2n) is 4.04. The van der Waals surface area contributed by atoms with Gasteiger partial charge in [0.15, 0.2) is 0 Å². The molecule has 104 valence electrons. The molecule has 2 aromatic carbocycles. The molecule has 1 amide bonds. The maximum Gasteiger partial charge on any atom is 0.255 e. The minimum Gasteiger partial charge on any atom is -0.495 e. The first-order valence-corrected chi connectivity index (χ1v) is 7.30. The van der Waals surface area contributed by atoms with Crippen molar-refractivity contribution < 1.29 is 9.53 Å². The standard InChI is InChI=1S/C14H12Br2N2O2/c1-20-13-7-9(3-4-10(13)15)18-14(19)8-2-5-12(17)11(16)6-8/h2-7H,17H2,1H3,(H,18,19). The summed E-state index contributed by atoms with van der Waals surface area (Å²) in [7, 11) is 1.57. The molecule has 2 aromatic rings. The summed E-state index contributed by atoms with van der Waals surface area (Å²) >= 11 is 6.66. The topological polar surface area (TPSA) is 64.3 Å². The zero-order valence-electron chi connectivity index (χ0n) is 10.6. The number of amides is 1. The molecule has 0 radical (unpaired) electrons. The monoisotopic (exact) mass is 398 g/mol. The van der Waals surface area contributed by atoms with E-state index >= 15 is 0 Å². The summed E-state index contributed by atoms with van der Waals surface area (Å²) in [6, 6.07) is 10.4. The van der Waals surface area contributed by atoms with Crippen molar-refractivity contribution in [1.82, 2.24) is 0 Å². The Hall–Kier alpha value is -1.53. The number of nitrogens with one attached hydrogen (secondary N) is 1. The van der Waals surface area contributed by atoms with Crippen molar-refractivity contribution >= 4 is 49.1 Å². The van der Waals surface area contributed by atoms with Crippen LogP contribution in [0.25, 0.3) is 0 Å². The lowest BCUT2D eigenvalue weighted by Gasteiger charge is -2.09. The Kier molecular flexibility index (Phi) is 4.67. The number of rotatable bonds is 3. The fourth-order valence-corrected chi connectivity index (χ4v) is 2.40. The van der Waals surface area contributed by atoms with Gasteiger partial charge in [-0.2, -0.15) is 0 Å². The van der Waals surface area contributed by atoms with Crippen LogP contribution < -0.4 is 15.8 Å². The van der Waals surface area contributed by atoms with Gasteiger partial charge in [-0.05, 0) is 62.2 Å². The second kappa shape index (κ2) is 6.28. The highest BCUT2D eigenvalue weighted by molar-refractivity contribution is 9.11. The second-order valence-corrected chi connectivity index (χ2v) is 5.75. The molecule has 0 saturated carbocycles. The van der Waals surface area contributed by atoms with E-state index in [0.29, 0.717) is 27.2 Å². The number of carbonyl (C=O) groups excluding carboxylic acids is 1. The Bertz CT molecular complexity index is 660. The van der Waals surface area contributed by atoms with Crippen LogP contribution in [0.2, 0.25) is 0 Å². The Morgan fingerprint density at radius 2 is 1.90 bits per heavy atom. The minimum atomic E-state index is -0.213. The largest absolute Gasteiger partial charge is 0.495 e. The Morgan fingerprint density at radius 1 is 1.15 bits per heavy atom. The molecule has 0 heterocycles. The molecular formula is C14H12Br2N2O2. The first-order chi connectivity index (χ1) is 9.51. The quantitative estimate of drug-likeness (QED) is 0.765. The number of anilines is 2. The highest BCUT2D eigenvalue weighted by atomic mass is 79.9. The Morgan fingerprint density at radius 3 is 2.55 bits per heavy atom. The van der Waals surface area contributed by atoms with E-state index < -0.39 is 0 Å². The van der Waals surface area contributed by atoms with Gasteiger partial charge in [0.25, 0.3) is 5.91 Å². The number of benzene rings is 2. The molecule has 0 spiro atoms. The van der Waals surface area contributed by atoms with Crippen LogP contribution in [0.15, 0.2) is 45.3 Å². The van der Waals surface area contributed by atoms with Crippen molar-refractivity contribution in [2.75, 3.05) is 18.2 Å². The van der Waals surface area contributed by atoms with Crippen molar-refractivity contribution in [2.24, 2.45) is 0 Å². The predicted octanol–water partition coefficient (Wildman–Crippen LogP) is 4.05. The molecule has 0 atom stereocenters. The van der Waals surface area contributed by atoms with Gasteiger partial charge >= 0.3 is 0 Å². The van der Waals surface area contributed by atoms with E-state index in [9.17, 15) is 4.79 Å². The number of ether oxygens (including phenoxy) is 1. The number of hydrogen-bond acceptors (Lipinski definition) is 3. The van der Waals surface area contributed by atoms with Gasteiger partial charge in [-0.15, -0.1) is 0 Å². The zero-order valence-corrected chi connectivity index (χ0v) is 13.8. The molecule has 2 rings (SSSR count). The summed E-state index contributed by atoms with van der Waals surface area (Å²) in [5.41, 5.74) is 7.46. The van der Waals surface area contributed by atoms with Crippen LogP contribution >= 0.6 is 31.9 Å². The van der Waals surface area contributed by atoms with E-state index in [1.54, 1.807) is 37.4 Å². The molecule has 0 aromatic heterocycles. The maximum atomic E-state index is 12.1. The fraction of sp³-hybridized carbons (Fsp3) is 0.0714. The Labute approximate surface area is 133 Å². The van der Waals surface area contributed by atoms with E-state index in [1.165, 1.54) is 0 Å². The van der Waals surface area contributed by atoms with Crippen LogP contribution in [-0.4, -0.2) is 13.0 Å². The summed E-state index contributed by atoms with van der Waals surface area (Å²) in [4.78, 5) is 12.1. The van der Waals surface area contributed by atoms with E-state index in [1.807, 2.05) is 6.07 Å². The highest BCUT2D eigenvalue weighted by Gasteiger charge is 2.09. The third-order valence-corrected chi connectivity index (χ3v) is 4.01. The van der Waals surface area contributed by atoms with Crippen molar-refractivity contribution in [3.05, 3.63) is 50.9 Å². The van der Waals surface area contributed by atoms with E-state index in [4.69, 9.17) is 10.5 Å². The zero-order chi connectivity index (χ0) is 14.7. The van der Waals surface area contributed by atoms with Gasteiger partial charge in [0.05, 0.1) is 11.6 Å². The van der Waals surface area contributed by atoms with E-state index in [2.05, 4.69) is 37.2 Å². The van der Waals surface area contributed by atoms with Crippen LogP contribution in [0.3, 0.4) is 0 Å². The van der Waals surface area contributed by atoms with Crippen LogP contribution in [0.4, 0.5) is 11.4 Å². The number of hydrogen-bond donors (Lipinski definition) is 2. The van der Waals surface area contributed by atoms with Crippen molar-refractivity contribution in [2.45, 2.75) is 0 Å². The molecule has 4 nitrogen and oxygen atoms in total. The Balaban J connectivity index is 2.21. The van der Waals surface area contributed by atoms with Crippen molar-refractivity contribution in [3.8, 4) is 5.75 Å². The fourth-order valence-electron chi connectivity index (χ4n) is 1.61. The van der Waals surface area contributed by atoms with Gasteiger partial charge in [-0.3, -0.25) is 4.79 Å². The van der Waals surface area contributed by atoms with E-state index in [0.717, 1.165) is 4.47 Å². The summed E-state index contributed by atoms with van der Waals surface area (Å²) in [5, 5.41) is 2.81. The first kappa shape index (κ1) is 14.9. The number of nitrogen functional groups attached to an aromatic ring is 1. The molecule has 0 aliphatic heterocycles. The third kappa shape index (κ3) is 3.32. The maximum absolute atomic E-state index is 12.1. The number of carbonyl (C=O) groups is 1. The molecule has 0 bridgehead atoms. The molecular weight excluding hydrogens is 388 g/mol. The van der Waals surface area contributed by atoms with Gasteiger partial charge in [-0.1, -0.05) is 0 Å². The summed E-state index contributed by atoms with van der Waals surface area (Å²) in [6.07, 6.45) is 0. The number of nitrogens with two attached hydrogens (primary N) is 1. The average Bonchev–Trinajstić information content (AvgIpc) is 2.43. The molecule has 20 heavy (non-hydrogen) atoms. The lowest BCUT2D eigenvalue weighted by atomic mass is 10.2. The molecule has 0 aliphatic carbocycles. The number of methoxy groups -OCH3 is 1. The van der Waals surface area contributed by atoms with Crippen molar-refractivity contribution in [1.29, 1.82) is 0 Å². The van der Waals surface area contributed by atoms with Gasteiger partial charge in [0.1, 0.15) is 5.75 Å². The smallest absolute Gasteiger partial charge is 0.255 e. The average molecular weight is 400 g/mol. The van der Waals surface area contributed by atoms with Gasteiger partial charge in [-0.25, -0.2) is 0 Å². The summed E-state index contributed by atoms with van der Waals surface area (Å²) in [6.45, 7) is 0.